The number of hydrogen-bond donors (Lipinski definition) is 2. The van der Waals surface area contributed by atoms with E-state index in [1.807, 2.05) is 54.6 Å². The van der Waals surface area contributed by atoms with Crippen LogP contribution in [0, 0.1) is 0 Å². The number of carbonyl (C=O) groups is 1. The minimum atomic E-state index is -1.14. The van der Waals surface area contributed by atoms with Crippen LogP contribution in [0.1, 0.15) is 10.4 Å². The zero-order valence-electron chi connectivity index (χ0n) is 11.7. The maximum atomic E-state index is 11.1. The van der Waals surface area contributed by atoms with Crippen LogP contribution in [-0.2, 0) is 0 Å². The standard InChI is InChI=1S/C19H14O3/c20-18-10-9-16(12-17(18)19(21)22)15-8-4-7-14(11-15)13-5-2-1-3-6-13/h1-12,20H,(H,21,22). The van der Waals surface area contributed by atoms with Crippen LogP contribution in [0.2, 0.25) is 0 Å². The number of carboxylic acids is 1. The number of rotatable bonds is 3. The van der Waals surface area contributed by atoms with E-state index in [9.17, 15) is 9.90 Å². The highest BCUT2D eigenvalue weighted by molar-refractivity contribution is 5.92. The molecule has 22 heavy (non-hydrogen) atoms. The Morgan fingerprint density at radius 1 is 0.682 bits per heavy atom. The van der Waals surface area contributed by atoms with Crippen molar-refractivity contribution >= 4 is 5.97 Å². The lowest BCUT2D eigenvalue weighted by molar-refractivity contribution is 0.0694. The maximum Gasteiger partial charge on any atom is 0.339 e. The molecule has 0 aliphatic carbocycles. The first-order valence-electron chi connectivity index (χ1n) is 6.87. The average molecular weight is 290 g/mol. The third-order valence-electron chi connectivity index (χ3n) is 3.53. The highest BCUT2D eigenvalue weighted by Gasteiger charge is 2.11. The van der Waals surface area contributed by atoms with E-state index in [1.54, 1.807) is 6.07 Å². The summed E-state index contributed by atoms with van der Waals surface area (Å²) in [4.78, 5) is 11.1. The topological polar surface area (TPSA) is 57.5 Å². The fourth-order valence-electron chi connectivity index (χ4n) is 2.40. The molecule has 0 fully saturated rings. The maximum absolute atomic E-state index is 11.1. The van der Waals surface area contributed by atoms with Crippen LogP contribution >= 0.6 is 0 Å². The van der Waals surface area contributed by atoms with Gasteiger partial charge in [-0.05, 0) is 40.5 Å². The van der Waals surface area contributed by atoms with Gasteiger partial charge in [0, 0.05) is 0 Å². The number of benzene rings is 3. The average Bonchev–Trinajstić information content (AvgIpc) is 2.56. The molecule has 0 bridgehead atoms. The van der Waals surface area contributed by atoms with Crippen LogP contribution in [0.4, 0.5) is 0 Å². The number of carboxylic acid groups (broad SMARTS) is 1. The summed E-state index contributed by atoms with van der Waals surface area (Å²) in [6, 6.07) is 22.5. The summed E-state index contributed by atoms with van der Waals surface area (Å²) in [6.45, 7) is 0. The van der Waals surface area contributed by atoms with Gasteiger partial charge in [0.15, 0.2) is 0 Å². The molecule has 2 N–H and O–H groups in total. The summed E-state index contributed by atoms with van der Waals surface area (Å²) in [5.41, 5.74) is 3.73. The van der Waals surface area contributed by atoms with Gasteiger partial charge in [-0.15, -0.1) is 0 Å². The predicted octanol–water partition coefficient (Wildman–Crippen LogP) is 4.42. The Morgan fingerprint density at radius 2 is 1.27 bits per heavy atom. The van der Waals surface area contributed by atoms with E-state index in [-0.39, 0.29) is 11.3 Å². The van der Waals surface area contributed by atoms with Gasteiger partial charge in [-0.3, -0.25) is 0 Å². The van der Waals surface area contributed by atoms with Gasteiger partial charge < -0.3 is 10.2 Å². The Bertz CT molecular complexity index is 823. The van der Waals surface area contributed by atoms with Gasteiger partial charge in [0.25, 0.3) is 0 Å². The molecule has 0 aliphatic rings. The van der Waals surface area contributed by atoms with Crippen molar-refractivity contribution < 1.29 is 15.0 Å². The molecule has 3 aromatic rings. The summed E-state index contributed by atoms with van der Waals surface area (Å²) in [7, 11) is 0. The van der Waals surface area contributed by atoms with E-state index in [1.165, 1.54) is 12.1 Å². The van der Waals surface area contributed by atoms with Crippen molar-refractivity contribution in [3.63, 3.8) is 0 Å². The summed E-state index contributed by atoms with van der Waals surface area (Å²) in [5, 5.41) is 18.7. The molecule has 0 saturated heterocycles. The molecule has 3 rings (SSSR count). The molecule has 3 heteroatoms. The summed E-state index contributed by atoms with van der Waals surface area (Å²) < 4.78 is 0. The fourth-order valence-corrected chi connectivity index (χ4v) is 2.40. The van der Waals surface area contributed by atoms with Crippen molar-refractivity contribution in [2.45, 2.75) is 0 Å². The van der Waals surface area contributed by atoms with Crippen LogP contribution in [-0.4, -0.2) is 16.2 Å². The van der Waals surface area contributed by atoms with E-state index in [4.69, 9.17) is 5.11 Å². The minimum Gasteiger partial charge on any atom is -0.507 e. The monoisotopic (exact) mass is 290 g/mol. The molecule has 3 nitrogen and oxygen atoms in total. The second-order valence-corrected chi connectivity index (χ2v) is 4.98. The molecule has 0 saturated carbocycles. The number of aromatic hydroxyl groups is 1. The summed E-state index contributed by atoms with van der Waals surface area (Å²) in [5.74, 6) is -1.37. The molecular formula is C19H14O3. The van der Waals surface area contributed by atoms with E-state index >= 15 is 0 Å². The number of hydrogen-bond acceptors (Lipinski definition) is 2. The first-order chi connectivity index (χ1) is 10.6. The van der Waals surface area contributed by atoms with Crippen LogP contribution in [0.15, 0.2) is 72.8 Å². The van der Waals surface area contributed by atoms with Crippen LogP contribution < -0.4 is 0 Å². The van der Waals surface area contributed by atoms with Crippen molar-refractivity contribution in [2.75, 3.05) is 0 Å². The molecule has 0 aliphatic heterocycles. The van der Waals surface area contributed by atoms with Crippen LogP contribution in [0.5, 0.6) is 5.75 Å². The smallest absolute Gasteiger partial charge is 0.339 e. The molecular weight excluding hydrogens is 276 g/mol. The molecule has 0 atom stereocenters. The zero-order valence-corrected chi connectivity index (χ0v) is 11.7. The fraction of sp³-hybridized carbons (Fsp3) is 0. The molecule has 108 valence electrons. The first-order valence-corrected chi connectivity index (χ1v) is 6.87. The van der Waals surface area contributed by atoms with Crippen LogP contribution in [0.3, 0.4) is 0 Å². The van der Waals surface area contributed by atoms with Gasteiger partial charge >= 0.3 is 5.97 Å². The van der Waals surface area contributed by atoms with Gasteiger partial charge in [0.2, 0.25) is 0 Å². The summed E-state index contributed by atoms with van der Waals surface area (Å²) in [6.07, 6.45) is 0. The van der Waals surface area contributed by atoms with Gasteiger partial charge in [0.1, 0.15) is 11.3 Å². The lowest BCUT2D eigenvalue weighted by atomic mass is 9.98. The lowest BCUT2D eigenvalue weighted by Gasteiger charge is -2.08. The van der Waals surface area contributed by atoms with E-state index < -0.39 is 5.97 Å². The quantitative estimate of drug-likeness (QED) is 0.750. The highest BCUT2D eigenvalue weighted by atomic mass is 16.4. The number of aromatic carboxylic acids is 1. The molecule has 0 aromatic heterocycles. The normalized spacial score (nSPS) is 10.4. The second-order valence-electron chi connectivity index (χ2n) is 4.98. The van der Waals surface area contributed by atoms with Gasteiger partial charge in [-0.1, -0.05) is 54.6 Å². The lowest BCUT2D eigenvalue weighted by Crippen LogP contribution is -1.97. The van der Waals surface area contributed by atoms with Gasteiger partial charge in [0.05, 0.1) is 0 Å². The van der Waals surface area contributed by atoms with Crippen molar-refractivity contribution in [3.8, 4) is 28.0 Å². The Kier molecular flexibility index (Phi) is 3.62. The van der Waals surface area contributed by atoms with Crippen LogP contribution in [0.25, 0.3) is 22.3 Å². The zero-order chi connectivity index (χ0) is 15.5. The molecule has 0 amide bonds. The third kappa shape index (κ3) is 2.69. The Hall–Kier alpha value is -3.07. The Morgan fingerprint density at radius 3 is 1.95 bits per heavy atom. The van der Waals surface area contributed by atoms with Crippen molar-refractivity contribution in [2.24, 2.45) is 0 Å². The van der Waals surface area contributed by atoms with Crippen molar-refractivity contribution in [1.29, 1.82) is 0 Å². The molecule has 0 unspecified atom stereocenters. The first kappa shape index (κ1) is 13.9. The predicted molar refractivity (Wildman–Crippen MR) is 85.9 cm³/mol. The minimum absolute atomic E-state index is 0.0948. The van der Waals surface area contributed by atoms with Crippen molar-refractivity contribution in [3.05, 3.63) is 78.4 Å². The highest BCUT2D eigenvalue weighted by Crippen LogP contribution is 2.29. The molecule has 0 radical (unpaired) electrons. The van der Waals surface area contributed by atoms with E-state index in [0.717, 1.165) is 22.3 Å². The summed E-state index contributed by atoms with van der Waals surface area (Å²) >= 11 is 0. The second kappa shape index (κ2) is 5.74. The SMILES string of the molecule is O=C(O)c1cc(-c2cccc(-c3ccccc3)c2)ccc1O. The largest absolute Gasteiger partial charge is 0.507 e. The Balaban J connectivity index is 2.06. The van der Waals surface area contributed by atoms with E-state index in [2.05, 4.69) is 0 Å². The Labute approximate surface area is 128 Å². The van der Waals surface area contributed by atoms with E-state index in [0.29, 0.717) is 0 Å². The number of phenols is 1. The van der Waals surface area contributed by atoms with Crippen molar-refractivity contribution in [1.82, 2.24) is 0 Å². The van der Waals surface area contributed by atoms with Gasteiger partial charge in [-0.25, -0.2) is 4.79 Å². The third-order valence-corrected chi connectivity index (χ3v) is 3.53. The van der Waals surface area contributed by atoms with Gasteiger partial charge in [-0.2, -0.15) is 0 Å². The molecule has 0 heterocycles. The molecule has 3 aromatic carbocycles. The molecule has 0 spiro atoms.